The van der Waals surface area contributed by atoms with Crippen molar-refractivity contribution >= 4 is 50.7 Å². The number of aliphatic imine (C=N–C) groups is 2. The van der Waals surface area contributed by atoms with Crippen LogP contribution in [0, 0.1) is 12.1 Å². The van der Waals surface area contributed by atoms with Gasteiger partial charge in [0, 0.05) is 24.0 Å². The van der Waals surface area contributed by atoms with Crippen molar-refractivity contribution in [3.05, 3.63) is 72.3 Å². The first-order valence-electron chi connectivity index (χ1n) is 12.7. The standard InChI is InChI=1S/C31H27N5S.Pt/c1-35-27-13-7-6-9-21(27)18-29(35)23-15-24(17-26(16-23)33-20-37)31-34-30-22(10-8-14-28(30)36(31)2)19-32-25-11-4-3-5-12-25;/h6-10,13-14,16-17H,3-5,11-12,19H2,1-2H3;/q-2;+2. The van der Waals surface area contributed by atoms with Gasteiger partial charge in [-0.05, 0) is 56.5 Å². The largest absolute Gasteiger partial charge is 2.00 e. The summed E-state index contributed by atoms with van der Waals surface area (Å²) in [5.41, 5.74) is 9.05. The normalized spacial score (nSPS) is 13.4. The molecule has 5 nitrogen and oxygen atoms in total. The Bertz CT molecular complexity index is 1710. The van der Waals surface area contributed by atoms with Crippen LogP contribution in [0.3, 0.4) is 0 Å². The molecule has 1 aliphatic carbocycles. The number of aromatic nitrogens is 3. The molecule has 0 saturated heterocycles. The summed E-state index contributed by atoms with van der Waals surface area (Å²) in [6, 6.07) is 25.6. The van der Waals surface area contributed by atoms with Gasteiger partial charge in [0.1, 0.15) is 0 Å². The quantitative estimate of drug-likeness (QED) is 0.108. The molecule has 6 rings (SSSR count). The molecule has 1 aliphatic rings. The van der Waals surface area contributed by atoms with Crippen LogP contribution in [0.25, 0.3) is 44.6 Å². The number of fused-ring (bicyclic) bond motifs is 2. The maximum absolute atomic E-state index is 5.10. The van der Waals surface area contributed by atoms with Crippen LogP contribution in [-0.2, 0) is 41.7 Å². The van der Waals surface area contributed by atoms with Gasteiger partial charge < -0.3 is 9.13 Å². The van der Waals surface area contributed by atoms with Crippen molar-refractivity contribution in [1.29, 1.82) is 0 Å². The minimum atomic E-state index is 0. The number of thiocarbonyl (C=S) groups is 1. The number of isothiocyanates is 1. The second-order valence-electron chi connectivity index (χ2n) is 9.64. The zero-order valence-corrected chi connectivity index (χ0v) is 24.5. The van der Waals surface area contributed by atoms with Crippen molar-refractivity contribution in [3.8, 4) is 22.6 Å². The molecular weight excluding hydrogens is 670 g/mol. The monoisotopic (exact) mass is 696 g/mol. The molecule has 0 radical (unpaired) electrons. The molecule has 0 amide bonds. The van der Waals surface area contributed by atoms with E-state index < -0.39 is 0 Å². The van der Waals surface area contributed by atoms with Crippen LogP contribution in [-0.4, -0.2) is 25.0 Å². The Morgan fingerprint density at radius 2 is 1.68 bits per heavy atom. The summed E-state index contributed by atoms with van der Waals surface area (Å²) in [5, 5.41) is 3.58. The minimum absolute atomic E-state index is 0. The number of hydrogen-bond donors (Lipinski definition) is 0. The summed E-state index contributed by atoms with van der Waals surface area (Å²) in [6.45, 7) is 0.665. The first-order valence-corrected chi connectivity index (χ1v) is 13.1. The van der Waals surface area contributed by atoms with E-state index in [1.165, 1.54) is 25.0 Å². The third kappa shape index (κ3) is 4.97. The van der Waals surface area contributed by atoms with Gasteiger partial charge in [-0.2, -0.15) is 17.7 Å². The van der Waals surface area contributed by atoms with E-state index in [0.29, 0.717) is 12.2 Å². The number of imidazole rings is 1. The number of para-hydroxylation sites is 2. The molecule has 0 aliphatic heterocycles. The fourth-order valence-electron chi connectivity index (χ4n) is 5.33. The molecule has 0 bridgehead atoms. The molecule has 0 N–H and O–H groups in total. The van der Waals surface area contributed by atoms with Crippen LogP contribution in [0.4, 0.5) is 5.69 Å². The predicted octanol–water partition coefficient (Wildman–Crippen LogP) is 7.64. The van der Waals surface area contributed by atoms with E-state index in [-0.39, 0.29) is 21.1 Å². The van der Waals surface area contributed by atoms with E-state index in [0.717, 1.165) is 63.0 Å². The summed E-state index contributed by atoms with van der Waals surface area (Å²) in [4.78, 5) is 14.4. The van der Waals surface area contributed by atoms with E-state index in [4.69, 9.17) is 22.2 Å². The molecule has 3 aromatic carbocycles. The summed E-state index contributed by atoms with van der Waals surface area (Å²) < 4.78 is 4.26. The third-order valence-electron chi connectivity index (χ3n) is 7.28. The van der Waals surface area contributed by atoms with E-state index in [2.05, 4.69) is 61.8 Å². The molecular formula is C31H27N5PtS. The van der Waals surface area contributed by atoms with Gasteiger partial charge in [-0.1, -0.05) is 42.3 Å². The first kappa shape index (κ1) is 26.4. The van der Waals surface area contributed by atoms with Gasteiger partial charge in [0.2, 0.25) is 0 Å². The van der Waals surface area contributed by atoms with E-state index in [1.807, 2.05) is 38.4 Å². The van der Waals surface area contributed by atoms with E-state index in [9.17, 15) is 0 Å². The van der Waals surface area contributed by atoms with Crippen molar-refractivity contribution in [2.45, 2.75) is 38.6 Å². The molecule has 38 heavy (non-hydrogen) atoms. The minimum Gasteiger partial charge on any atom is -0.431 e. The Hall–Kier alpha value is -3.17. The van der Waals surface area contributed by atoms with Gasteiger partial charge in [-0.3, -0.25) is 9.98 Å². The summed E-state index contributed by atoms with van der Waals surface area (Å²) in [6.07, 6.45) is 6.08. The number of rotatable bonds is 5. The van der Waals surface area contributed by atoms with Gasteiger partial charge in [-0.15, -0.1) is 29.3 Å². The van der Waals surface area contributed by atoms with E-state index in [1.54, 1.807) is 0 Å². The second-order valence-corrected chi connectivity index (χ2v) is 9.82. The van der Waals surface area contributed by atoms with Gasteiger partial charge in [0.05, 0.1) is 28.6 Å². The molecule has 7 heteroatoms. The number of benzene rings is 3. The number of hydrogen-bond acceptors (Lipinski definition) is 4. The Balaban J connectivity index is 0.00000294. The summed E-state index contributed by atoms with van der Waals surface area (Å²) >= 11 is 4.94. The zero-order chi connectivity index (χ0) is 25.4. The predicted molar refractivity (Wildman–Crippen MR) is 155 cm³/mol. The summed E-state index contributed by atoms with van der Waals surface area (Å²) in [5.74, 6) is 0.828. The molecule has 1 saturated carbocycles. The average molecular weight is 697 g/mol. The molecule has 2 aromatic heterocycles. The van der Waals surface area contributed by atoms with Crippen LogP contribution in [0.15, 0.2) is 64.6 Å². The molecule has 5 aromatic rings. The number of aryl methyl sites for hydroxylation is 2. The molecule has 0 unspecified atom stereocenters. The van der Waals surface area contributed by atoms with Gasteiger partial charge in [0.25, 0.3) is 0 Å². The molecule has 192 valence electrons. The van der Waals surface area contributed by atoms with E-state index >= 15 is 0 Å². The Kier molecular flexibility index (Phi) is 7.85. The SMILES string of the molecule is Cn1c(-c2[c-]c(-c3nc4c(CN=C5CCCCC5)cccc4n3C)cc(N=C=S)c2)[c-]c2ccccc21.[Pt+2]. The molecule has 1 fully saturated rings. The Morgan fingerprint density at radius 3 is 2.47 bits per heavy atom. The summed E-state index contributed by atoms with van der Waals surface area (Å²) in [7, 11) is 4.10. The smallest absolute Gasteiger partial charge is 0.431 e. The average Bonchev–Trinajstić information content (AvgIpc) is 3.45. The van der Waals surface area contributed by atoms with Crippen LogP contribution in [0.1, 0.15) is 37.7 Å². The number of nitrogens with zero attached hydrogens (tertiary/aromatic N) is 5. The van der Waals surface area contributed by atoms with Crippen molar-refractivity contribution in [2.24, 2.45) is 24.1 Å². The maximum Gasteiger partial charge on any atom is 2.00 e. The van der Waals surface area contributed by atoms with Crippen LogP contribution in [0.2, 0.25) is 0 Å². The van der Waals surface area contributed by atoms with Gasteiger partial charge >= 0.3 is 21.1 Å². The Labute approximate surface area is 242 Å². The second kappa shape index (κ2) is 11.3. The first-order chi connectivity index (χ1) is 18.1. The topological polar surface area (TPSA) is 47.5 Å². The van der Waals surface area contributed by atoms with Gasteiger partial charge in [0.15, 0.2) is 0 Å². The molecule has 0 spiro atoms. The van der Waals surface area contributed by atoms with Crippen LogP contribution < -0.4 is 0 Å². The van der Waals surface area contributed by atoms with Crippen molar-refractivity contribution in [1.82, 2.24) is 14.1 Å². The Morgan fingerprint density at radius 1 is 0.921 bits per heavy atom. The van der Waals surface area contributed by atoms with Crippen molar-refractivity contribution in [3.63, 3.8) is 0 Å². The van der Waals surface area contributed by atoms with Gasteiger partial charge in [-0.25, -0.2) is 4.99 Å². The van der Waals surface area contributed by atoms with Crippen molar-refractivity contribution in [2.75, 3.05) is 0 Å². The van der Waals surface area contributed by atoms with Crippen LogP contribution >= 0.6 is 12.2 Å². The molecule has 2 heterocycles. The maximum atomic E-state index is 5.10. The van der Waals surface area contributed by atoms with Crippen molar-refractivity contribution < 1.29 is 21.1 Å². The zero-order valence-electron chi connectivity index (χ0n) is 21.4. The fraction of sp³-hybridized carbons (Fsp3) is 0.258. The fourth-order valence-corrected chi connectivity index (χ4v) is 5.43. The molecule has 0 atom stereocenters. The van der Waals surface area contributed by atoms with Crippen LogP contribution in [0.5, 0.6) is 0 Å². The third-order valence-corrected chi connectivity index (χ3v) is 7.37.